The highest BCUT2D eigenvalue weighted by Gasteiger charge is 2.31. The number of hydrogen-bond acceptors (Lipinski definition) is 1. The van der Waals surface area contributed by atoms with Crippen molar-refractivity contribution in [2.75, 3.05) is 0 Å². The van der Waals surface area contributed by atoms with Crippen LogP contribution in [0.2, 0.25) is 0 Å². The Bertz CT molecular complexity index is 245. The third-order valence-corrected chi connectivity index (χ3v) is 3.46. The van der Waals surface area contributed by atoms with E-state index in [9.17, 15) is 0 Å². The topological polar surface area (TPSA) is 26.5 Å². The molecule has 2 nitrogen and oxygen atoms in total. The van der Waals surface area contributed by atoms with Gasteiger partial charge in [0.2, 0.25) is 0 Å². The van der Waals surface area contributed by atoms with E-state index in [1.807, 2.05) is 12.4 Å². The normalized spacial score (nSPS) is 26.2. The highest BCUT2D eigenvalue weighted by Crippen LogP contribution is 2.35. The summed E-state index contributed by atoms with van der Waals surface area (Å²) < 4.78 is 0. The lowest BCUT2D eigenvalue weighted by molar-refractivity contribution is 0.329. The van der Waals surface area contributed by atoms with Gasteiger partial charge in [0, 0.05) is 17.8 Å². The Kier molecular flexibility index (Phi) is 2.90. The minimum absolute atomic E-state index is 0.254. The largest absolute Gasteiger partial charge is 0.239 e. The summed E-state index contributed by atoms with van der Waals surface area (Å²) in [5.41, 5.74) is 0.254. The average molecular weight is 191 g/mol. The zero-order valence-electron chi connectivity index (χ0n) is 9.00. The molecule has 14 heavy (non-hydrogen) atoms. The fourth-order valence-corrected chi connectivity index (χ4v) is 2.46. The maximum Gasteiger partial charge on any atom is 0.134 e. The summed E-state index contributed by atoms with van der Waals surface area (Å²) in [5.74, 6) is 1.07. The molecule has 1 heterocycles. The minimum atomic E-state index is 0.254. The van der Waals surface area contributed by atoms with Crippen LogP contribution >= 0.6 is 0 Å². The SMILES string of the molecule is CC1(C2=NC=C[N]2)CCCCCCC1. The fraction of sp³-hybridized carbons (Fsp3) is 0.750. The number of amidine groups is 1. The van der Waals surface area contributed by atoms with E-state index in [-0.39, 0.29) is 5.41 Å². The molecule has 1 radical (unpaired) electrons. The van der Waals surface area contributed by atoms with Gasteiger partial charge >= 0.3 is 0 Å². The Hall–Kier alpha value is -0.790. The predicted octanol–water partition coefficient (Wildman–Crippen LogP) is 3.22. The summed E-state index contributed by atoms with van der Waals surface area (Å²) in [6.45, 7) is 2.33. The Morgan fingerprint density at radius 3 is 2.21 bits per heavy atom. The summed E-state index contributed by atoms with van der Waals surface area (Å²) >= 11 is 0. The van der Waals surface area contributed by atoms with Gasteiger partial charge in [0.25, 0.3) is 0 Å². The molecule has 2 rings (SSSR count). The van der Waals surface area contributed by atoms with Crippen LogP contribution in [-0.2, 0) is 0 Å². The number of aliphatic imine (C=N–C) groups is 1. The fourth-order valence-electron chi connectivity index (χ4n) is 2.46. The van der Waals surface area contributed by atoms with Crippen LogP contribution in [0.25, 0.3) is 0 Å². The Balaban J connectivity index is 2.03. The molecule has 0 atom stereocenters. The van der Waals surface area contributed by atoms with Gasteiger partial charge in [-0.1, -0.05) is 39.0 Å². The molecular weight excluding hydrogens is 172 g/mol. The highest BCUT2D eigenvalue weighted by molar-refractivity contribution is 5.90. The van der Waals surface area contributed by atoms with Crippen molar-refractivity contribution in [3.8, 4) is 0 Å². The van der Waals surface area contributed by atoms with E-state index < -0.39 is 0 Å². The molecule has 2 heteroatoms. The molecule has 2 aliphatic rings. The van der Waals surface area contributed by atoms with E-state index in [0.717, 1.165) is 5.84 Å². The second-order valence-electron chi connectivity index (χ2n) is 4.71. The van der Waals surface area contributed by atoms with E-state index in [0.29, 0.717) is 0 Å². The van der Waals surface area contributed by atoms with Crippen molar-refractivity contribution in [2.45, 2.75) is 51.9 Å². The van der Waals surface area contributed by atoms with Gasteiger partial charge in [0.05, 0.1) is 0 Å². The third-order valence-electron chi connectivity index (χ3n) is 3.46. The second-order valence-corrected chi connectivity index (χ2v) is 4.71. The van der Waals surface area contributed by atoms with Crippen molar-refractivity contribution in [2.24, 2.45) is 10.4 Å². The van der Waals surface area contributed by atoms with Gasteiger partial charge in [-0.25, -0.2) is 10.3 Å². The van der Waals surface area contributed by atoms with Crippen LogP contribution in [0.1, 0.15) is 51.9 Å². The molecule has 77 valence electrons. The monoisotopic (exact) mass is 191 g/mol. The van der Waals surface area contributed by atoms with Crippen LogP contribution < -0.4 is 5.32 Å². The van der Waals surface area contributed by atoms with Crippen LogP contribution in [0.15, 0.2) is 17.4 Å². The third kappa shape index (κ3) is 1.99. The summed E-state index contributed by atoms with van der Waals surface area (Å²) in [6.07, 6.45) is 13.0. The quantitative estimate of drug-likeness (QED) is 0.608. The zero-order valence-corrected chi connectivity index (χ0v) is 9.00. The molecule has 1 aliphatic heterocycles. The van der Waals surface area contributed by atoms with E-state index >= 15 is 0 Å². The number of nitrogens with zero attached hydrogens (tertiary/aromatic N) is 2. The molecule has 1 saturated carbocycles. The molecular formula is C12H19N2. The second kappa shape index (κ2) is 4.16. The van der Waals surface area contributed by atoms with Crippen molar-refractivity contribution in [3.05, 3.63) is 12.4 Å². The molecule has 0 aromatic heterocycles. The lowest BCUT2D eigenvalue weighted by atomic mass is 9.77. The van der Waals surface area contributed by atoms with Gasteiger partial charge in [-0.3, -0.25) is 0 Å². The highest BCUT2D eigenvalue weighted by atomic mass is 15.0. The molecule has 1 aliphatic carbocycles. The van der Waals surface area contributed by atoms with E-state index in [1.54, 1.807) is 0 Å². The van der Waals surface area contributed by atoms with Crippen LogP contribution in [-0.4, -0.2) is 5.84 Å². The lowest BCUT2D eigenvalue weighted by Gasteiger charge is -2.30. The molecule has 0 unspecified atom stereocenters. The summed E-state index contributed by atoms with van der Waals surface area (Å²) in [6, 6.07) is 0. The molecule has 0 spiro atoms. The molecule has 0 N–H and O–H groups in total. The molecule has 0 saturated heterocycles. The van der Waals surface area contributed by atoms with Crippen molar-refractivity contribution in [1.29, 1.82) is 0 Å². The van der Waals surface area contributed by atoms with Gasteiger partial charge in [-0.2, -0.15) is 0 Å². The molecule has 1 fully saturated rings. The van der Waals surface area contributed by atoms with Gasteiger partial charge in [-0.15, -0.1) is 0 Å². The summed E-state index contributed by atoms with van der Waals surface area (Å²) in [7, 11) is 0. The maximum absolute atomic E-state index is 4.37. The maximum atomic E-state index is 4.37. The van der Waals surface area contributed by atoms with Crippen molar-refractivity contribution < 1.29 is 0 Å². The molecule has 0 bridgehead atoms. The first-order valence-corrected chi connectivity index (χ1v) is 5.75. The molecule has 0 aromatic rings. The van der Waals surface area contributed by atoms with E-state index in [2.05, 4.69) is 17.2 Å². The molecule has 0 aromatic carbocycles. The van der Waals surface area contributed by atoms with Crippen LogP contribution in [0.5, 0.6) is 0 Å². The van der Waals surface area contributed by atoms with E-state index in [4.69, 9.17) is 0 Å². The zero-order chi connectivity index (χ0) is 9.86. The van der Waals surface area contributed by atoms with Gasteiger partial charge in [0.1, 0.15) is 5.84 Å². The van der Waals surface area contributed by atoms with E-state index in [1.165, 1.54) is 44.9 Å². The smallest absolute Gasteiger partial charge is 0.134 e. The van der Waals surface area contributed by atoms with Crippen molar-refractivity contribution in [3.63, 3.8) is 0 Å². The average Bonchev–Trinajstić information content (AvgIpc) is 2.65. The van der Waals surface area contributed by atoms with Crippen LogP contribution in [0, 0.1) is 5.41 Å². The van der Waals surface area contributed by atoms with Crippen LogP contribution in [0.4, 0.5) is 0 Å². The first-order valence-electron chi connectivity index (χ1n) is 5.75. The lowest BCUT2D eigenvalue weighted by Crippen LogP contribution is -2.32. The van der Waals surface area contributed by atoms with Gasteiger partial charge in [0.15, 0.2) is 0 Å². The Morgan fingerprint density at radius 1 is 1.00 bits per heavy atom. The van der Waals surface area contributed by atoms with Gasteiger partial charge in [-0.05, 0) is 12.8 Å². The first kappa shape index (κ1) is 9.75. The Labute approximate surface area is 86.5 Å². The van der Waals surface area contributed by atoms with Crippen molar-refractivity contribution >= 4 is 5.84 Å². The standard InChI is InChI=1S/C12H19N2/c1-12(11-13-9-10-14-11)7-5-3-2-4-6-8-12/h9-10H,2-8H2,1H3. The summed E-state index contributed by atoms with van der Waals surface area (Å²) in [4.78, 5) is 4.37. The number of hydrogen-bond donors (Lipinski definition) is 0. The Morgan fingerprint density at radius 2 is 1.64 bits per heavy atom. The minimum Gasteiger partial charge on any atom is -0.239 e. The first-order chi connectivity index (χ1) is 6.81. The predicted molar refractivity (Wildman–Crippen MR) is 59.1 cm³/mol. The number of rotatable bonds is 1. The summed E-state index contributed by atoms with van der Waals surface area (Å²) in [5, 5.41) is 4.37. The van der Waals surface area contributed by atoms with Crippen LogP contribution in [0.3, 0.4) is 0 Å². The molecule has 0 amide bonds. The van der Waals surface area contributed by atoms with Crippen molar-refractivity contribution in [1.82, 2.24) is 5.32 Å². The van der Waals surface area contributed by atoms with Gasteiger partial charge < -0.3 is 0 Å².